The highest BCUT2D eigenvalue weighted by Gasteiger charge is 2.42. The van der Waals surface area contributed by atoms with Gasteiger partial charge in [-0.25, -0.2) is 0 Å². The van der Waals surface area contributed by atoms with E-state index >= 15 is 0 Å². The van der Waals surface area contributed by atoms with Gasteiger partial charge in [0.15, 0.2) is 0 Å². The Morgan fingerprint density at radius 2 is 1.67 bits per heavy atom. The van der Waals surface area contributed by atoms with E-state index in [4.69, 9.17) is 0 Å². The molecule has 0 aliphatic carbocycles. The molecule has 0 atom stereocenters. The van der Waals surface area contributed by atoms with Gasteiger partial charge in [-0.3, -0.25) is 9.59 Å². The minimum Gasteiger partial charge on any atom is -0.356 e. The number of hydrogen-bond acceptors (Lipinski definition) is 2. The Morgan fingerprint density at radius 1 is 1.00 bits per heavy atom. The molecule has 1 saturated heterocycles. The highest BCUT2D eigenvalue weighted by atomic mass is 16.2. The molecule has 160 valence electrons. The summed E-state index contributed by atoms with van der Waals surface area (Å²) in [6, 6.07) is 18.8. The summed E-state index contributed by atoms with van der Waals surface area (Å²) >= 11 is 0. The first-order chi connectivity index (χ1) is 14.4. The zero-order valence-electron chi connectivity index (χ0n) is 18.5. The summed E-state index contributed by atoms with van der Waals surface area (Å²) in [6.45, 7) is 8.03. The van der Waals surface area contributed by atoms with Crippen molar-refractivity contribution in [1.82, 2.24) is 10.2 Å². The predicted octanol–water partition coefficient (Wildman–Crippen LogP) is 4.69. The largest absolute Gasteiger partial charge is 0.356 e. The molecule has 2 amide bonds. The van der Waals surface area contributed by atoms with Crippen LogP contribution < -0.4 is 5.32 Å². The summed E-state index contributed by atoms with van der Waals surface area (Å²) in [5, 5.41) is 3.06. The van der Waals surface area contributed by atoms with Gasteiger partial charge < -0.3 is 10.2 Å². The molecular formula is C26H34N2O2. The lowest BCUT2D eigenvalue weighted by Gasteiger charge is -2.41. The van der Waals surface area contributed by atoms with E-state index in [9.17, 15) is 9.59 Å². The molecule has 4 heteroatoms. The molecule has 1 N–H and O–H groups in total. The molecule has 0 radical (unpaired) electrons. The number of carbonyl (C=O) groups is 2. The molecule has 30 heavy (non-hydrogen) atoms. The van der Waals surface area contributed by atoms with Gasteiger partial charge in [0.1, 0.15) is 0 Å². The fourth-order valence-electron chi connectivity index (χ4n) is 4.38. The molecule has 0 unspecified atom stereocenters. The van der Waals surface area contributed by atoms with Crippen LogP contribution in [-0.2, 0) is 16.0 Å². The quantitative estimate of drug-likeness (QED) is 0.725. The van der Waals surface area contributed by atoms with Crippen molar-refractivity contribution in [3.05, 3.63) is 60.2 Å². The second-order valence-electron chi connectivity index (χ2n) is 8.86. The third kappa shape index (κ3) is 5.29. The third-order valence-electron chi connectivity index (χ3n) is 6.05. The molecule has 4 nitrogen and oxygen atoms in total. The Bertz CT molecular complexity index is 852. The third-order valence-corrected chi connectivity index (χ3v) is 6.05. The topological polar surface area (TPSA) is 49.4 Å². The van der Waals surface area contributed by atoms with Gasteiger partial charge in [0.2, 0.25) is 11.8 Å². The zero-order chi connectivity index (χ0) is 21.6. The zero-order valence-corrected chi connectivity index (χ0v) is 18.5. The second-order valence-corrected chi connectivity index (χ2v) is 8.86. The Labute approximate surface area is 180 Å². The Hall–Kier alpha value is -2.62. The normalized spacial score (nSPS) is 15.8. The van der Waals surface area contributed by atoms with Crippen molar-refractivity contribution in [2.24, 2.45) is 11.3 Å². The van der Waals surface area contributed by atoms with Gasteiger partial charge in [0.05, 0.1) is 5.41 Å². The monoisotopic (exact) mass is 406 g/mol. The number of benzene rings is 2. The van der Waals surface area contributed by atoms with Crippen LogP contribution >= 0.6 is 0 Å². The highest BCUT2D eigenvalue weighted by molar-refractivity contribution is 5.84. The van der Waals surface area contributed by atoms with Gasteiger partial charge >= 0.3 is 0 Å². The number of nitrogens with one attached hydrogen (secondary N) is 1. The predicted molar refractivity (Wildman–Crippen MR) is 122 cm³/mol. The van der Waals surface area contributed by atoms with E-state index in [0.29, 0.717) is 51.2 Å². The molecule has 1 fully saturated rings. The molecule has 1 aliphatic heterocycles. The lowest BCUT2D eigenvalue weighted by atomic mass is 9.72. The minimum absolute atomic E-state index is 0.117. The fraction of sp³-hybridized carbons (Fsp3) is 0.462. The molecule has 0 aromatic heterocycles. The molecule has 1 aliphatic rings. The van der Waals surface area contributed by atoms with Crippen LogP contribution in [0.5, 0.6) is 0 Å². The highest BCUT2D eigenvalue weighted by Crippen LogP contribution is 2.37. The van der Waals surface area contributed by atoms with Crippen LogP contribution in [0.25, 0.3) is 11.1 Å². The van der Waals surface area contributed by atoms with Crippen LogP contribution in [0.4, 0.5) is 0 Å². The number of rotatable bonds is 7. The van der Waals surface area contributed by atoms with E-state index in [1.807, 2.05) is 30.0 Å². The molecule has 0 bridgehead atoms. The van der Waals surface area contributed by atoms with Crippen LogP contribution in [0.2, 0.25) is 0 Å². The maximum atomic E-state index is 13.1. The number of nitrogens with zero attached hydrogens (tertiary/aromatic N) is 1. The molecule has 1 heterocycles. The SMILES string of the molecule is CCNC(=O)C1(Cc2cccc(-c3ccccc3)c2)CCN(C(=O)CC(C)C)CC1. The number of likely N-dealkylation sites (tertiary alicyclic amines) is 1. The molecule has 2 aromatic carbocycles. The summed E-state index contributed by atoms with van der Waals surface area (Å²) in [4.78, 5) is 27.6. The van der Waals surface area contributed by atoms with E-state index < -0.39 is 5.41 Å². The second kappa shape index (κ2) is 9.92. The first kappa shape index (κ1) is 22.1. The number of carbonyl (C=O) groups excluding carboxylic acids is 2. The van der Waals surface area contributed by atoms with E-state index in [0.717, 1.165) is 0 Å². The van der Waals surface area contributed by atoms with Gasteiger partial charge in [-0.1, -0.05) is 68.4 Å². The van der Waals surface area contributed by atoms with Gasteiger partial charge in [0, 0.05) is 26.1 Å². The smallest absolute Gasteiger partial charge is 0.226 e. The summed E-state index contributed by atoms with van der Waals surface area (Å²) in [7, 11) is 0. The first-order valence-corrected chi connectivity index (χ1v) is 11.1. The van der Waals surface area contributed by atoms with Crippen molar-refractivity contribution in [2.45, 2.75) is 46.5 Å². The van der Waals surface area contributed by atoms with E-state index in [1.165, 1.54) is 16.7 Å². The van der Waals surface area contributed by atoms with Gasteiger partial charge in [-0.05, 0) is 48.8 Å². The number of piperidine rings is 1. The molecule has 0 saturated carbocycles. The van der Waals surface area contributed by atoms with Crippen molar-refractivity contribution >= 4 is 11.8 Å². The Kier molecular flexibility index (Phi) is 7.30. The molecule has 0 spiro atoms. The lowest BCUT2D eigenvalue weighted by Crippen LogP contribution is -2.51. The van der Waals surface area contributed by atoms with E-state index in [1.54, 1.807) is 0 Å². The fourth-order valence-corrected chi connectivity index (χ4v) is 4.38. The Balaban J connectivity index is 1.79. The van der Waals surface area contributed by atoms with Crippen molar-refractivity contribution in [3.8, 4) is 11.1 Å². The maximum Gasteiger partial charge on any atom is 0.226 e. The summed E-state index contributed by atoms with van der Waals surface area (Å²) in [6.07, 6.45) is 2.69. The summed E-state index contributed by atoms with van der Waals surface area (Å²) < 4.78 is 0. The number of hydrogen-bond donors (Lipinski definition) is 1. The average Bonchev–Trinajstić information content (AvgIpc) is 2.75. The van der Waals surface area contributed by atoms with Crippen LogP contribution in [0.15, 0.2) is 54.6 Å². The first-order valence-electron chi connectivity index (χ1n) is 11.1. The van der Waals surface area contributed by atoms with Crippen molar-refractivity contribution in [2.75, 3.05) is 19.6 Å². The van der Waals surface area contributed by atoms with Crippen molar-refractivity contribution < 1.29 is 9.59 Å². The lowest BCUT2D eigenvalue weighted by molar-refractivity contribution is -0.141. The van der Waals surface area contributed by atoms with Gasteiger partial charge in [0.25, 0.3) is 0 Å². The molecule has 3 rings (SSSR count). The standard InChI is InChI=1S/C26H34N2O2/c1-4-27-25(30)26(13-15-28(16-14-26)24(29)17-20(2)3)19-21-9-8-12-23(18-21)22-10-6-5-7-11-22/h5-12,18,20H,4,13-17,19H2,1-3H3,(H,27,30). The summed E-state index contributed by atoms with van der Waals surface area (Å²) in [5.74, 6) is 0.681. The van der Waals surface area contributed by atoms with Crippen LogP contribution in [0.3, 0.4) is 0 Å². The minimum atomic E-state index is -0.458. The van der Waals surface area contributed by atoms with Crippen LogP contribution in [0.1, 0.15) is 45.6 Å². The van der Waals surface area contributed by atoms with Crippen molar-refractivity contribution in [3.63, 3.8) is 0 Å². The molecule has 2 aromatic rings. The summed E-state index contributed by atoms with van der Waals surface area (Å²) in [5.41, 5.74) is 3.06. The van der Waals surface area contributed by atoms with Crippen molar-refractivity contribution in [1.29, 1.82) is 0 Å². The van der Waals surface area contributed by atoms with Gasteiger partial charge in [-0.15, -0.1) is 0 Å². The van der Waals surface area contributed by atoms with Crippen LogP contribution in [-0.4, -0.2) is 36.3 Å². The van der Waals surface area contributed by atoms with E-state index in [2.05, 4.69) is 55.6 Å². The van der Waals surface area contributed by atoms with Gasteiger partial charge in [-0.2, -0.15) is 0 Å². The molecular weight excluding hydrogens is 372 g/mol. The Morgan fingerprint density at radius 3 is 2.30 bits per heavy atom. The van der Waals surface area contributed by atoms with Crippen LogP contribution in [0, 0.1) is 11.3 Å². The van der Waals surface area contributed by atoms with E-state index in [-0.39, 0.29) is 11.8 Å². The maximum absolute atomic E-state index is 13.1. The average molecular weight is 407 g/mol. The number of amides is 2.